The number of amides is 1. The van der Waals surface area contributed by atoms with Crippen molar-refractivity contribution in [1.29, 1.82) is 0 Å². The topological polar surface area (TPSA) is 55.1 Å². The van der Waals surface area contributed by atoms with Gasteiger partial charge in [-0.15, -0.1) is 0 Å². The SMILES string of the molecule is CCCC(C)(N)C(=O)NCC1CCCC(C)C1. The van der Waals surface area contributed by atoms with Gasteiger partial charge in [0.2, 0.25) is 5.91 Å². The van der Waals surface area contributed by atoms with Crippen molar-refractivity contribution in [2.75, 3.05) is 6.54 Å². The second kappa shape index (κ2) is 6.39. The third kappa shape index (κ3) is 4.66. The van der Waals surface area contributed by atoms with E-state index in [1.54, 1.807) is 0 Å². The molecule has 0 aromatic rings. The van der Waals surface area contributed by atoms with Crippen LogP contribution in [0.25, 0.3) is 0 Å². The summed E-state index contributed by atoms with van der Waals surface area (Å²) in [5, 5.41) is 3.03. The van der Waals surface area contributed by atoms with Crippen LogP contribution in [0, 0.1) is 11.8 Å². The molecule has 0 heterocycles. The standard InChI is InChI=1S/C14H28N2O/c1-4-8-14(3,15)13(17)16-10-12-7-5-6-11(2)9-12/h11-12H,4-10,15H2,1-3H3,(H,16,17). The molecule has 1 aliphatic rings. The van der Waals surface area contributed by atoms with Crippen LogP contribution >= 0.6 is 0 Å². The van der Waals surface area contributed by atoms with Crippen LogP contribution in [0.3, 0.4) is 0 Å². The lowest BCUT2D eigenvalue weighted by molar-refractivity contribution is -0.126. The molecule has 1 fully saturated rings. The Morgan fingerprint density at radius 1 is 1.47 bits per heavy atom. The van der Waals surface area contributed by atoms with Gasteiger partial charge in [0.15, 0.2) is 0 Å². The number of nitrogens with two attached hydrogens (primary N) is 1. The number of nitrogens with one attached hydrogen (secondary N) is 1. The molecule has 17 heavy (non-hydrogen) atoms. The summed E-state index contributed by atoms with van der Waals surface area (Å²) in [5.74, 6) is 1.48. The van der Waals surface area contributed by atoms with Crippen molar-refractivity contribution in [2.45, 2.75) is 64.8 Å². The molecule has 3 atom stereocenters. The molecule has 0 spiro atoms. The van der Waals surface area contributed by atoms with Gasteiger partial charge in [0.25, 0.3) is 0 Å². The van der Waals surface area contributed by atoms with Gasteiger partial charge in [0, 0.05) is 6.54 Å². The Morgan fingerprint density at radius 2 is 2.18 bits per heavy atom. The van der Waals surface area contributed by atoms with E-state index in [1.807, 2.05) is 6.92 Å². The molecule has 3 heteroatoms. The molecule has 0 saturated heterocycles. The van der Waals surface area contributed by atoms with Gasteiger partial charge >= 0.3 is 0 Å². The monoisotopic (exact) mass is 240 g/mol. The van der Waals surface area contributed by atoms with Gasteiger partial charge in [-0.05, 0) is 38.0 Å². The average molecular weight is 240 g/mol. The van der Waals surface area contributed by atoms with E-state index in [4.69, 9.17) is 5.73 Å². The molecular formula is C14H28N2O. The lowest BCUT2D eigenvalue weighted by atomic mass is 9.82. The third-order valence-electron chi connectivity index (χ3n) is 3.88. The Labute approximate surface area is 106 Å². The average Bonchev–Trinajstić information content (AvgIpc) is 2.26. The van der Waals surface area contributed by atoms with Crippen LogP contribution < -0.4 is 11.1 Å². The van der Waals surface area contributed by atoms with E-state index in [2.05, 4.69) is 19.2 Å². The highest BCUT2D eigenvalue weighted by molar-refractivity contribution is 5.85. The summed E-state index contributed by atoms with van der Waals surface area (Å²) < 4.78 is 0. The summed E-state index contributed by atoms with van der Waals surface area (Å²) in [6.45, 7) is 6.99. The highest BCUT2D eigenvalue weighted by atomic mass is 16.2. The second-order valence-corrected chi connectivity index (χ2v) is 6.02. The van der Waals surface area contributed by atoms with Gasteiger partial charge in [-0.3, -0.25) is 4.79 Å². The first kappa shape index (κ1) is 14.5. The van der Waals surface area contributed by atoms with Crippen LogP contribution in [0.5, 0.6) is 0 Å². The van der Waals surface area contributed by atoms with E-state index in [0.29, 0.717) is 5.92 Å². The number of hydrogen-bond donors (Lipinski definition) is 2. The first-order valence-corrected chi connectivity index (χ1v) is 7.03. The summed E-state index contributed by atoms with van der Waals surface area (Å²) in [6, 6.07) is 0. The maximum Gasteiger partial charge on any atom is 0.239 e. The minimum atomic E-state index is -0.699. The van der Waals surface area contributed by atoms with Gasteiger partial charge in [-0.1, -0.05) is 33.1 Å². The van der Waals surface area contributed by atoms with Gasteiger partial charge in [0.05, 0.1) is 5.54 Å². The molecular weight excluding hydrogens is 212 g/mol. The van der Waals surface area contributed by atoms with Crippen molar-refractivity contribution in [2.24, 2.45) is 17.6 Å². The van der Waals surface area contributed by atoms with Gasteiger partial charge < -0.3 is 11.1 Å². The summed E-state index contributed by atoms with van der Waals surface area (Å²) in [7, 11) is 0. The fourth-order valence-electron chi connectivity index (χ4n) is 2.82. The summed E-state index contributed by atoms with van der Waals surface area (Å²) in [5.41, 5.74) is 5.30. The minimum absolute atomic E-state index is 0.0116. The maximum atomic E-state index is 11.9. The van der Waals surface area contributed by atoms with Gasteiger partial charge in [0.1, 0.15) is 0 Å². The van der Waals surface area contributed by atoms with Crippen molar-refractivity contribution in [1.82, 2.24) is 5.32 Å². The number of carbonyl (C=O) groups excluding carboxylic acids is 1. The minimum Gasteiger partial charge on any atom is -0.354 e. The van der Waals surface area contributed by atoms with Crippen LogP contribution in [0.15, 0.2) is 0 Å². The zero-order valence-electron chi connectivity index (χ0n) is 11.6. The molecule has 0 aromatic heterocycles. The van der Waals surface area contributed by atoms with E-state index in [-0.39, 0.29) is 5.91 Å². The van der Waals surface area contributed by atoms with Crippen LogP contribution in [-0.4, -0.2) is 18.0 Å². The van der Waals surface area contributed by atoms with Crippen molar-refractivity contribution in [3.8, 4) is 0 Å². The fourth-order valence-corrected chi connectivity index (χ4v) is 2.82. The lowest BCUT2D eigenvalue weighted by Crippen LogP contribution is -2.52. The van der Waals surface area contributed by atoms with Crippen LogP contribution in [0.2, 0.25) is 0 Å². The molecule has 1 aliphatic carbocycles. The highest BCUT2D eigenvalue weighted by Crippen LogP contribution is 2.28. The van der Waals surface area contributed by atoms with E-state index >= 15 is 0 Å². The predicted molar refractivity (Wildman–Crippen MR) is 71.6 cm³/mol. The van der Waals surface area contributed by atoms with E-state index in [9.17, 15) is 4.79 Å². The Bertz CT molecular complexity index is 251. The molecule has 1 rings (SSSR count). The lowest BCUT2D eigenvalue weighted by Gasteiger charge is -2.29. The summed E-state index contributed by atoms with van der Waals surface area (Å²) in [6.07, 6.45) is 6.83. The smallest absolute Gasteiger partial charge is 0.239 e. The zero-order chi connectivity index (χ0) is 12.9. The highest BCUT2D eigenvalue weighted by Gasteiger charge is 2.28. The zero-order valence-corrected chi connectivity index (χ0v) is 11.6. The quantitative estimate of drug-likeness (QED) is 0.775. The first-order valence-electron chi connectivity index (χ1n) is 7.03. The van der Waals surface area contributed by atoms with E-state index in [0.717, 1.165) is 25.3 Å². The molecule has 1 saturated carbocycles. The molecule has 0 radical (unpaired) electrons. The largest absolute Gasteiger partial charge is 0.354 e. The number of rotatable bonds is 5. The fraction of sp³-hybridized carbons (Fsp3) is 0.929. The molecule has 3 nitrogen and oxygen atoms in total. The van der Waals surface area contributed by atoms with E-state index in [1.165, 1.54) is 25.7 Å². The van der Waals surface area contributed by atoms with Gasteiger partial charge in [-0.25, -0.2) is 0 Å². The predicted octanol–water partition coefficient (Wildman–Crippen LogP) is 2.45. The molecule has 100 valence electrons. The van der Waals surface area contributed by atoms with Crippen molar-refractivity contribution in [3.63, 3.8) is 0 Å². The van der Waals surface area contributed by atoms with Crippen LogP contribution in [-0.2, 0) is 4.79 Å². The van der Waals surface area contributed by atoms with E-state index < -0.39 is 5.54 Å². The van der Waals surface area contributed by atoms with Crippen molar-refractivity contribution < 1.29 is 4.79 Å². The molecule has 0 aliphatic heterocycles. The Balaban J connectivity index is 2.32. The molecule has 1 amide bonds. The third-order valence-corrected chi connectivity index (χ3v) is 3.88. The van der Waals surface area contributed by atoms with Crippen LogP contribution in [0.1, 0.15) is 59.3 Å². The Hall–Kier alpha value is -0.570. The number of carbonyl (C=O) groups is 1. The van der Waals surface area contributed by atoms with Crippen molar-refractivity contribution >= 4 is 5.91 Å². The Kier molecular flexibility index (Phi) is 5.44. The first-order chi connectivity index (χ1) is 7.95. The molecule has 0 aromatic carbocycles. The second-order valence-electron chi connectivity index (χ2n) is 6.02. The molecule has 0 bridgehead atoms. The Morgan fingerprint density at radius 3 is 2.76 bits per heavy atom. The normalized spacial score (nSPS) is 28.5. The summed E-state index contributed by atoms with van der Waals surface area (Å²) >= 11 is 0. The van der Waals surface area contributed by atoms with Crippen LogP contribution in [0.4, 0.5) is 0 Å². The molecule has 3 unspecified atom stereocenters. The van der Waals surface area contributed by atoms with Crippen molar-refractivity contribution in [3.05, 3.63) is 0 Å². The summed E-state index contributed by atoms with van der Waals surface area (Å²) in [4.78, 5) is 11.9. The van der Waals surface area contributed by atoms with Gasteiger partial charge in [-0.2, -0.15) is 0 Å². The molecule has 3 N–H and O–H groups in total. The number of hydrogen-bond acceptors (Lipinski definition) is 2. The maximum absolute atomic E-state index is 11.9.